The zero-order valence-electron chi connectivity index (χ0n) is 11.8. The van der Waals surface area contributed by atoms with Crippen LogP contribution in [0.5, 0.6) is 0 Å². The van der Waals surface area contributed by atoms with Crippen molar-refractivity contribution >= 4 is 33.6 Å². The highest BCUT2D eigenvalue weighted by Crippen LogP contribution is 2.37. The Labute approximate surface area is 133 Å². The lowest BCUT2D eigenvalue weighted by Gasteiger charge is -2.20. The molecule has 0 spiro atoms. The molecule has 3 rings (SSSR count). The summed E-state index contributed by atoms with van der Waals surface area (Å²) in [5, 5.41) is 3.86. The number of halogens is 1. The molecule has 2 unspecified atom stereocenters. The summed E-state index contributed by atoms with van der Waals surface area (Å²) >= 11 is 5.47. The molecule has 2 saturated carbocycles. The molecule has 1 aromatic rings. The molecule has 1 N–H and O–H groups in total. The van der Waals surface area contributed by atoms with E-state index in [2.05, 4.69) is 32.7 Å². The maximum absolute atomic E-state index is 12.6. The average molecular weight is 357 g/mol. The molecule has 0 aliphatic heterocycles. The number of rotatable bonds is 5. The minimum absolute atomic E-state index is 0.0937. The van der Waals surface area contributed by atoms with Gasteiger partial charge in [0, 0.05) is 28.0 Å². The maximum Gasteiger partial charge on any atom is 0.268 e. The fraction of sp³-hybridized carbons (Fsp3) is 0.667. The molecule has 110 valence electrons. The molecular formula is C15H21BrN2OS. The van der Waals surface area contributed by atoms with Crippen molar-refractivity contribution in [3.8, 4) is 0 Å². The van der Waals surface area contributed by atoms with Crippen molar-refractivity contribution < 1.29 is 4.79 Å². The summed E-state index contributed by atoms with van der Waals surface area (Å²) in [4.78, 5) is 12.6. The predicted octanol–water partition coefficient (Wildman–Crippen LogP) is 3.99. The van der Waals surface area contributed by atoms with E-state index in [1.807, 2.05) is 24.0 Å². The SMILES string of the molecule is CCSC1CCCC1NC(=O)c1cc(Br)cn1C1CC1. The molecule has 2 fully saturated rings. The number of thioether (sulfide) groups is 1. The van der Waals surface area contributed by atoms with Crippen molar-refractivity contribution in [2.75, 3.05) is 5.75 Å². The van der Waals surface area contributed by atoms with E-state index in [1.54, 1.807) is 0 Å². The zero-order chi connectivity index (χ0) is 14.1. The molecule has 20 heavy (non-hydrogen) atoms. The summed E-state index contributed by atoms with van der Waals surface area (Å²) in [6.07, 6.45) is 8.01. The normalized spacial score (nSPS) is 25.9. The van der Waals surface area contributed by atoms with Gasteiger partial charge in [-0.05, 0) is 53.4 Å². The summed E-state index contributed by atoms with van der Waals surface area (Å²) in [6, 6.07) is 2.82. The Hall–Kier alpha value is -0.420. The van der Waals surface area contributed by atoms with E-state index in [0.29, 0.717) is 17.3 Å². The molecule has 2 atom stereocenters. The highest BCUT2D eigenvalue weighted by Gasteiger charge is 2.31. The van der Waals surface area contributed by atoms with E-state index in [0.717, 1.165) is 22.3 Å². The third-order valence-electron chi connectivity index (χ3n) is 4.14. The standard InChI is InChI=1S/C15H21BrN2OS/c1-2-20-14-5-3-4-12(14)17-15(19)13-8-10(16)9-18(13)11-6-7-11/h8-9,11-12,14H,2-7H2,1H3,(H,17,19). The van der Waals surface area contributed by atoms with Crippen molar-refractivity contribution in [2.24, 2.45) is 0 Å². The van der Waals surface area contributed by atoms with Gasteiger partial charge in [0.15, 0.2) is 0 Å². The van der Waals surface area contributed by atoms with Crippen molar-refractivity contribution in [1.82, 2.24) is 9.88 Å². The first kappa shape index (κ1) is 14.5. The van der Waals surface area contributed by atoms with Crippen LogP contribution in [0, 0.1) is 0 Å². The summed E-state index contributed by atoms with van der Waals surface area (Å²) < 4.78 is 3.14. The fourth-order valence-corrected chi connectivity index (χ4v) is 4.66. The van der Waals surface area contributed by atoms with Crippen LogP contribution >= 0.6 is 27.7 Å². The Morgan fingerprint density at radius 1 is 1.45 bits per heavy atom. The number of carbonyl (C=O) groups excluding carboxylic acids is 1. The second-order valence-electron chi connectivity index (χ2n) is 5.69. The van der Waals surface area contributed by atoms with Gasteiger partial charge in [0.1, 0.15) is 5.69 Å². The van der Waals surface area contributed by atoms with Crippen LogP contribution in [0.2, 0.25) is 0 Å². The van der Waals surface area contributed by atoms with Crippen LogP contribution in [0.1, 0.15) is 55.6 Å². The van der Waals surface area contributed by atoms with Crippen molar-refractivity contribution in [3.63, 3.8) is 0 Å². The number of hydrogen-bond acceptors (Lipinski definition) is 2. The molecule has 1 aromatic heterocycles. The number of nitrogens with zero attached hydrogens (tertiary/aromatic N) is 1. The topological polar surface area (TPSA) is 34.0 Å². The van der Waals surface area contributed by atoms with E-state index in [4.69, 9.17) is 0 Å². The van der Waals surface area contributed by atoms with Crippen molar-refractivity contribution in [3.05, 3.63) is 22.4 Å². The van der Waals surface area contributed by atoms with Gasteiger partial charge in [-0.25, -0.2) is 0 Å². The number of nitrogens with one attached hydrogen (secondary N) is 1. The van der Waals surface area contributed by atoms with Crippen LogP contribution in [0.3, 0.4) is 0 Å². The molecular weight excluding hydrogens is 336 g/mol. The monoisotopic (exact) mass is 356 g/mol. The van der Waals surface area contributed by atoms with E-state index >= 15 is 0 Å². The molecule has 5 heteroatoms. The third-order valence-corrected chi connectivity index (χ3v) is 5.90. The molecule has 0 bridgehead atoms. The molecule has 0 aromatic carbocycles. The smallest absolute Gasteiger partial charge is 0.268 e. The number of carbonyl (C=O) groups is 1. The molecule has 0 radical (unpaired) electrons. The van der Waals surface area contributed by atoms with Gasteiger partial charge >= 0.3 is 0 Å². The van der Waals surface area contributed by atoms with E-state index in [1.165, 1.54) is 25.7 Å². The summed E-state index contributed by atoms with van der Waals surface area (Å²) in [6.45, 7) is 2.19. The Morgan fingerprint density at radius 2 is 2.25 bits per heavy atom. The Bertz CT molecular complexity index is 498. The van der Waals surface area contributed by atoms with E-state index in [-0.39, 0.29) is 5.91 Å². The van der Waals surface area contributed by atoms with Gasteiger partial charge in [0.2, 0.25) is 0 Å². The Morgan fingerprint density at radius 3 is 2.95 bits per heavy atom. The maximum atomic E-state index is 12.6. The second kappa shape index (κ2) is 6.14. The lowest BCUT2D eigenvalue weighted by Crippen LogP contribution is -2.39. The molecule has 0 saturated heterocycles. The van der Waals surface area contributed by atoms with Gasteiger partial charge in [-0.2, -0.15) is 11.8 Å². The van der Waals surface area contributed by atoms with Gasteiger partial charge in [-0.1, -0.05) is 13.3 Å². The van der Waals surface area contributed by atoms with E-state index < -0.39 is 0 Å². The lowest BCUT2D eigenvalue weighted by atomic mass is 10.2. The summed E-state index contributed by atoms with van der Waals surface area (Å²) in [5.74, 6) is 1.22. The van der Waals surface area contributed by atoms with Gasteiger partial charge in [-0.15, -0.1) is 0 Å². The number of aromatic nitrogens is 1. The summed E-state index contributed by atoms with van der Waals surface area (Å²) in [5.41, 5.74) is 0.812. The van der Waals surface area contributed by atoms with Crippen LogP contribution in [0.15, 0.2) is 16.7 Å². The van der Waals surface area contributed by atoms with Crippen molar-refractivity contribution in [1.29, 1.82) is 0 Å². The number of amides is 1. The highest BCUT2D eigenvalue weighted by atomic mass is 79.9. The molecule has 2 aliphatic carbocycles. The van der Waals surface area contributed by atoms with Gasteiger partial charge in [0.25, 0.3) is 5.91 Å². The summed E-state index contributed by atoms with van der Waals surface area (Å²) in [7, 11) is 0. The van der Waals surface area contributed by atoms with E-state index in [9.17, 15) is 4.79 Å². The van der Waals surface area contributed by atoms with Crippen LogP contribution in [0.4, 0.5) is 0 Å². The van der Waals surface area contributed by atoms with Gasteiger partial charge in [-0.3, -0.25) is 4.79 Å². The average Bonchev–Trinajstić information content (AvgIpc) is 3.06. The molecule has 2 aliphatic rings. The minimum atomic E-state index is 0.0937. The van der Waals surface area contributed by atoms with Crippen LogP contribution in [0.25, 0.3) is 0 Å². The third kappa shape index (κ3) is 3.08. The Kier molecular flexibility index (Phi) is 4.46. The quantitative estimate of drug-likeness (QED) is 0.865. The lowest BCUT2D eigenvalue weighted by molar-refractivity contribution is 0.0929. The van der Waals surface area contributed by atoms with Gasteiger partial charge < -0.3 is 9.88 Å². The van der Waals surface area contributed by atoms with Crippen molar-refractivity contribution in [2.45, 2.75) is 56.4 Å². The van der Waals surface area contributed by atoms with Crippen LogP contribution < -0.4 is 5.32 Å². The van der Waals surface area contributed by atoms with Gasteiger partial charge in [0.05, 0.1) is 0 Å². The highest BCUT2D eigenvalue weighted by molar-refractivity contribution is 9.10. The van der Waals surface area contributed by atoms with Crippen LogP contribution in [-0.4, -0.2) is 27.5 Å². The second-order valence-corrected chi connectivity index (χ2v) is 8.12. The molecule has 1 amide bonds. The van der Waals surface area contributed by atoms with Crippen LogP contribution in [-0.2, 0) is 0 Å². The first-order valence-corrected chi connectivity index (χ1v) is 9.33. The first-order chi connectivity index (χ1) is 9.69. The largest absolute Gasteiger partial charge is 0.347 e. The molecule has 3 nitrogen and oxygen atoms in total. The molecule has 1 heterocycles. The predicted molar refractivity (Wildman–Crippen MR) is 87.4 cm³/mol. The fourth-order valence-electron chi connectivity index (χ4n) is 3.03. The minimum Gasteiger partial charge on any atom is -0.347 e. The first-order valence-electron chi connectivity index (χ1n) is 7.49. The Balaban J connectivity index is 1.69. The zero-order valence-corrected chi connectivity index (χ0v) is 14.2. The number of hydrogen-bond donors (Lipinski definition) is 1.